The molecule has 3 heterocycles. The van der Waals surface area contributed by atoms with E-state index in [2.05, 4.69) is 15.0 Å². The smallest absolute Gasteiger partial charge is 0.261 e. The van der Waals surface area contributed by atoms with Gasteiger partial charge in [0.25, 0.3) is 5.56 Å². The van der Waals surface area contributed by atoms with Crippen LogP contribution in [0.15, 0.2) is 65.4 Å². The SMILES string of the molecule is O=c1c2ccncc2ncn1Cc1scnc1-c1ccccc1. The van der Waals surface area contributed by atoms with E-state index in [4.69, 9.17) is 0 Å². The van der Waals surface area contributed by atoms with Gasteiger partial charge in [-0.2, -0.15) is 0 Å². The first-order valence-corrected chi connectivity index (χ1v) is 7.98. The Labute approximate surface area is 135 Å². The van der Waals surface area contributed by atoms with Crippen molar-refractivity contribution >= 4 is 22.2 Å². The fourth-order valence-electron chi connectivity index (χ4n) is 2.49. The van der Waals surface area contributed by atoms with Crippen LogP contribution in [0.5, 0.6) is 0 Å². The van der Waals surface area contributed by atoms with Crippen LogP contribution in [-0.2, 0) is 6.54 Å². The van der Waals surface area contributed by atoms with E-state index in [9.17, 15) is 4.79 Å². The van der Waals surface area contributed by atoms with Gasteiger partial charge in [-0.3, -0.25) is 14.3 Å². The molecule has 0 bridgehead atoms. The summed E-state index contributed by atoms with van der Waals surface area (Å²) in [5, 5.41) is 0.577. The first kappa shape index (κ1) is 13.8. The van der Waals surface area contributed by atoms with Crippen LogP contribution in [-0.4, -0.2) is 19.5 Å². The molecule has 5 nitrogen and oxygen atoms in total. The van der Waals surface area contributed by atoms with E-state index in [0.29, 0.717) is 17.4 Å². The van der Waals surface area contributed by atoms with Crippen molar-refractivity contribution in [2.24, 2.45) is 0 Å². The molecule has 4 aromatic rings. The summed E-state index contributed by atoms with van der Waals surface area (Å²) >= 11 is 1.54. The van der Waals surface area contributed by atoms with E-state index in [1.54, 1.807) is 46.2 Å². The summed E-state index contributed by atoms with van der Waals surface area (Å²) in [7, 11) is 0. The summed E-state index contributed by atoms with van der Waals surface area (Å²) in [6, 6.07) is 11.7. The Morgan fingerprint density at radius 2 is 1.96 bits per heavy atom. The summed E-state index contributed by atoms with van der Waals surface area (Å²) in [6.07, 6.45) is 4.78. The number of aromatic nitrogens is 4. The fraction of sp³-hybridized carbons (Fsp3) is 0.0588. The van der Waals surface area contributed by atoms with Gasteiger partial charge in [-0.15, -0.1) is 11.3 Å². The number of fused-ring (bicyclic) bond motifs is 1. The minimum absolute atomic E-state index is 0.0650. The third-order valence-electron chi connectivity index (χ3n) is 3.63. The lowest BCUT2D eigenvalue weighted by molar-refractivity contribution is 0.757. The molecule has 3 aromatic heterocycles. The van der Waals surface area contributed by atoms with Gasteiger partial charge in [0.15, 0.2) is 0 Å². The summed E-state index contributed by atoms with van der Waals surface area (Å²) in [6.45, 7) is 0.457. The Kier molecular flexibility index (Phi) is 3.44. The van der Waals surface area contributed by atoms with Gasteiger partial charge in [0, 0.05) is 11.8 Å². The highest BCUT2D eigenvalue weighted by Gasteiger charge is 2.11. The van der Waals surface area contributed by atoms with Gasteiger partial charge in [-0.1, -0.05) is 30.3 Å². The van der Waals surface area contributed by atoms with E-state index in [1.807, 2.05) is 30.3 Å². The second kappa shape index (κ2) is 5.73. The highest BCUT2D eigenvalue weighted by atomic mass is 32.1. The molecule has 0 aliphatic rings. The number of hydrogen-bond acceptors (Lipinski definition) is 5. The third kappa shape index (κ3) is 2.53. The molecule has 0 aliphatic carbocycles. The predicted octanol–water partition coefficient (Wildman–Crippen LogP) is 2.96. The number of rotatable bonds is 3. The number of benzene rings is 1. The first-order chi connectivity index (χ1) is 11.3. The number of thiazole rings is 1. The van der Waals surface area contributed by atoms with Crippen molar-refractivity contribution in [1.29, 1.82) is 0 Å². The molecule has 23 heavy (non-hydrogen) atoms. The van der Waals surface area contributed by atoms with E-state index < -0.39 is 0 Å². The zero-order valence-electron chi connectivity index (χ0n) is 12.1. The van der Waals surface area contributed by atoms with Gasteiger partial charge in [-0.25, -0.2) is 9.97 Å². The van der Waals surface area contributed by atoms with Crippen LogP contribution < -0.4 is 5.56 Å². The van der Waals surface area contributed by atoms with E-state index in [-0.39, 0.29) is 5.56 Å². The zero-order valence-corrected chi connectivity index (χ0v) is 12.9. The lowest BCUT2D eigenvalue weighted by atomic mass is 10.1. The van der Waals surface area contributed by atoms with Crippen molar-refractivity contribution < 1.29 is 0 Å². The van der Waals surface area contributed by atoms with Crippen LogP contribution >= 0.6 is 11.3 Å². The molecular weight excluding hydrogens is 308 g/mol. The van der Waals surface area contributed by atoms with Crippen LogP contribution in [0.3, 0.4) is 0 Å². The van der Waals surface area contributed by atoms with Crippen LogP contribution in [0.25, 0.3) is 22.2 Å². The predicted molar refractivity (Wildman–Crippen MR) is 90.5 cm³/mol. The maximum absolute atomic E-state index is 12.6. The number of pyridine rings is 1. The van der Waals surface area contributed by atoms with Gasteiger partial charge in [-0.05, 0) is 6.07 Å². The van der Waals surface area contributed by atoms with E-state index >= 15 is 0 Å². The highest BCUT2D eigenvalue weighted by molar-refractivity contribution is 7.10. The Morgan fingerprint density at radius 3 is 2.83 bits per heavy atom. The summed E-state index contributed by atoms with van der Waals surface area (Å²) in [5.41, 5.74) is 4.32. The maximum Gasteiger partial charge on any atom is 0.261 e. The minimum atomic E-state index is -0.0650. The molecule has 0 amide bonds. The molecule has 4 rings (SSSR count). The second-order valence-electron chi connectivity index (χ2n) is 5.06. The van der Waals surface area contributed by atoms with E-state index in [1.165, 1.54) is 0 Å². The molecule has 112 valence electrons. The molecule has 1 aromatic carbocycles. The molecule has 0 saturated heterocycles. The Balaban J connectivity index is 1.77. The summed E-state index contributed by atoms with van der Waals surface area (Å²) in [5.74, 6) is 0. The van der Waals surface area contributed by atoms with Crippen molar-refractivity contribution in [3.8, 4) is 11.3 Å². The molecular formula is C17H12N4OS. The van der Waals surface area contributed by atoms with E-state index in [0.717, 1.165) is 16.1 Å². The average Bonchev–Trinajstić information content (AvgIpc) is 3.07. The van der Waals surface area contributed by atoms with Crippen LogP contribution in [0.4, 0.5) is 0 Å². The topological polar surface area (TPSA) is 60.7 Å². The molecule has 6 heteroatoms. The van der Waals surface area contributed by atoms with Crippen LogP contribution in [0.1, 0.15) is 4.88 Å². The standard InChI is InChI=1S/C17H12N4OS/c22-17-13-6-7-18-8-14(13)19-10-21(17)9-15-16(20-11-23-15)12-4-2-1-3-5-12/h1-8,10-11H,9H2. The van der Waals surface area contributed by atoms with Crippen LogP contribution in [0.2, 0.25) is 0 Å². The molecule has 0 N–H and O–H groups in total. The second-order valence-corrected chi connectivity index (χ2v) is 6.00. The molecule has 0 spiro atoms. The monoisotopic (exact) mass is 320 g/mol. The van der Waals surface area contributed by atoms with Gasteiger partial charge in [0.1, 0.15) is 0 Å². The Hall–Kier alpha value is -2.86. The molecule has 0 unspecified atom stereocenters. The van der Waals surface area contributed by atoms with Crippen molar-refractivity contribution in [3.63, 3.8) is 0 Å². The van der Waals surface area contributed by atoms with Gasteiger partial charge >= 0.3 is 0 Å². The van der Waals surface area contributed by atoms with Gasteiger partial charge < -0.3 is 0 Å². The quantitative estimate of drug-likeness (QED) is 0.582. The average molecular weight is 320 g/mol. The largest absolute Gasteiger partial charge is 0.293 e. The summed E-state index contributed by atoms with van der Waals surface area (Å²) in [4.78, 5) is 26.4. The number of nitrogens with zero attached hydrogens (tertiary/aromatic N) is 4. The van der Waals surface area contributed by atoms with Crippen molar-refractivity contribution in [2.75, 3.05) is 0 Å². The Bertz CT molecular complexity index is 1020. The molecule has 0 radical (unpaired) electrons. The zero-order chi connectivity index (χ0) is 15.6. The van der Waals surface area contributed by atoms with Crippen molar-refractivity contribution in [3.05, 3.63) is 75.9 Å². The van der Waals surface area contributed by atoms with Crippen molar-refractivity contribution in [1.82, 2.24) is 19.5 Å². The van der Waals surface area contributed by atoms with Gasteiger partial charge in [0.05, 0.1) is 46.1 Å². The van der Waals surface area contributed by atoms with Crippen LogP contribution in [0, 0.1) is 0 Å². The Morgan fingerprint density at radius 1 is 1.09 bits per heavy atom. The maximum atomic E-state index is 12.6. The van der Waals surface area contributed by atoms with Gasteiger partial charge in [0.2, 0.25) is 0 Å². The lowest BCUT2D eigenvalue weighted by Gasteiger charge is -2.07. The fourth-order valence-corrected chi connectivity index (χ4v) is 3.27. The molecule has 0 saturated carbocycles. The lowest BCUT2D eigenvalue weighted by Crippen LogP contribution is -2.21. The summed E-state index contributed by atoms with van der Waals surface area (Å²) < 4.78 is 1.61. The highest BCUT2D eigenvalue weighted by Crippen LogP contribution is 2.25. The molecule has 0 aliphatic heterocycles. The molecule has 0 atom stereocenters. The first-order valence-electron chi connectivity index (χ1n) is 7.10. The number of hydrogen-bond donors (Lipinski definition) is 0. The van der Waals surface area contributed by atoms with Crippen molar-refractivity contribution in [2.45, 2.75) is 6.54 Å². The minimum Gasteiger partial charge on any atom is -0.293 e. The molecule has 0 fully saturated rings. The third-order valence-corrected chi connectivity index (χ3v) is 4.45. The normalized spacial score (nSPS) is 11.0.